The number of hydrogen-bond donors (Lipinski definition) is 2. The highest BCUT2D eigenvalue weighted by atomic mass is 16.5. The zero-order valence-corrected chi connectivity index (χ0v) is 9.26. The van der Waals surface area contributed by atoms with Crippen LogP contribution in [-0.4, -0.2) is 36.9 Å². The maximum Gasteiger partial charge on any atom is 0.333 e. The van der Waals surface area contributed by atoms with Crippen molar-refractivity contribution in [2.24, 2.45) is 0 Å². The average molecular weight is 201 g/mol. The fourth-order valence-electron chi connectivity index (χ4n) is 0.781. The molecule has 0 aromatic heterocycles. The average Bonchev–Trinajstić information content (AvgIpc) is 2.16. The summed E-state index contributed by atoms with van der Waals surface area (Å²) in [4.78, 5) is 11.0. The van der Waals surface area contributed by atoms with Crippen LogP contribution in [0.5, 0.6) is 0 Å². The zero-order valence-electron chi connectivity index (χ0n) is 9.26. The molecule has 0 amide bonds. The van der Waals surface area contributed by atoms with Gasteiger partial charge in [0.05, 0.1) is 13.7 Å². The summed E-state index contributed by atoms with van der Waals surface area (Å²) in [6.07, 6.45) is 1.74. The minimum atomic E-state index is -0.326. The topological polar surface area (TPSA) is 58.6 Å². The van der Waals surface area contributed by atoms with E-state index in [1.807, 2.05) is 13.8 Å². The number of nitrogens with one attached hydrogen (secondary N) is 1. The van der Waals surface area contributed by atoms with Crippen LogP contribution >= 0.6 is 0 Å². The molecule has 4 heteroatoms. The Morgan fingerprint density at radius 2 is 2.14 bits per heavy atom. The quantitative estimate of drug-likeness (QED) is 0.501. The lowest BCUT2D eigenvalue weighted by Gasteiger charge is -2.22. The fourth-order valence-corrected chi connectivity index (χ4v) is 0.781. The van der Waals surface area contributed by atoms with Crippen molar-refractivity contribution in [2.75, 3.05) is 20.3 Å². The summed E-state index contributed by atoms with van der Waals surface area (Å²) in [6, 6.07) is 0. The Morgan fingerprint density at radius 1 is 1.57 bits per heavy atom. The minimum absolute atomic E-state index is 0.0537. The largest absolute Gasteiger partial charge is 0.466 e. The summed E-state index contributed by atoms with van der Waals surface area (Å²) in [5, 5.41) is 12.0. The Labute approximate surface area is 85.0 Å². The van der Waals surface area contributed by atoms with Crippen LogP contribution in [0.3, 0.4) is 0 Å². The number of ether oxygens (including phenoxy) is 1. The van der Waals surface area contributed by atoms with Gasteiger partial charge in [-0.2, -0.15) is 0 Å². The molecule has 4 nitrogen and oxygen atoms in total. The van der Waals surface area contributed by atoms with Crippen LogP contribution < -0.4 is 5.32 Å². The van der Waals surface area contributed by atoms with Gasteiger partial charge in [-0.3, -0.25) is 0 Å². The number of aliphatic hydroxyl groups is 1. The van der Waals surface area contributed by atoms with Crippen LogP contribution in [0.15, 0.2) is 11.6 Å². The van der Waals surface area contributed by atoms with Crippen molar-refractivity contribution in [3.8, 4) is 0 Å². The molecular formula is C10H19NO3. The van der Waals surface area contributed by atoms with E-state index < -0.39 is 0 Å². The molecular weight excluding hydrogens is 182 g/mol. The Balaban J connectivity index is 3.99. The number of carbonyl (C=O) groups is 1. The molecule has 0 spiro atoms. The van der Waals surface area contributed by atoms with Gasteiger partial charge in [0.1, 0.15) is 0 Å². The maximum atomic E-state index is 11.0. The third kappa shape index (κ3) is 4.99. The third-order valence-electron chi connectivity index (χ3n) is 1.89. The second-order valence-electron chi connectivity index (χ2n) is 3.80. The van der Waals surface area contributed by atoms with Crippen molar-refractivity contribution in [1.82, 2.24) is 5.32 Å². The zero-order chi connectivity index (χ0) is 11.2. The Hall–Kier alpha value is -0.870. The highest BCUT2D eigenvalue weighted by molar-refractivity contribution is 5.87. The van der Waals surface area contributed by atoms with E-state index in [1.165, 1.54) is 7.11 Å². The SMILES string of the molecule is COC(=O)C(C)=CCNC(C)(C)CO. The van der Waals surface area contributed by atoms with E-state index in [4.69, 9.17) is 5.11 Å². The van der Waals surface area contributed by atoms with Crippen molar-refractivity contribution in [1.29, 1.82) is 0 Å². The van der Waals surface area contributed by atoms with Crippen LogP contribution in [0, 0.1) is 0 Å². The number of esters is 1. The van der Waals surface area contributed by atoms with Gasteiger partial charge in [0.2, 0.25) is 0 Å². The molecule has 82 valence electrons. The van der Waals surface area contributed by atoms with Crippen molar-refractivity contribution in [3.63, 3.8) is 0 Å². The van der Waals surface area contributed by atoms with Gasteiger partial charge in [-0.25, -0.2) is 4.79 Å². The van der Waals surface area contributed by atoms with E-state index in [2.05, 4.69) is 10.1 Å². The summed E-state index contributed by atoms with van der Waals surface area (Å²) in [5.74, 6) is -0.325. The molecule has 0 heterocycles. The van der Waals surface area contributed by atoms with Crippen molar-refractivity contribution < 1.29 is 14.6 Å². The molecule has 0 fully saturated rings. The molecule has 0 radical (unpaired) electrons. The summed E-state index contributed by atoms with van der Waals surface area (Å²) in [5.41, 5.74) is 0.237. The first-order valence-electron chi connectivity index (χ1n) is 4.54. The minimum Gasteiger partial charge on any atom is -0.466 e. The van der Waals surface area contributed by atoms with E-state index in [0.29, 0.717) is 12.1 Å². The molecule has 0 saturated carbocycles. The first kappa shape index (κ1) is 13.1. The first-order valence-corrected chi connectivity index (χ1v) is 4.54. The predicted molar refractivity (Wildman–Crippen MR) is 54.9 cm³/mol. The van der Waals surface area contributed by atoms with Crippen LogP contribution in [0.4, 0.5) is 0 Å². The summed E-state index contributed by atoms with van der Waals surface area (Å²) in [6.45, 7) is 6.05. The van der Waals surface area contributed by atoms with Crippen LogP contribution in [0.2, 0.25) is 0 Å². The molecule has 0 aromatic carbocycles. The predicted octanol–water partition coefficient (Wildman–Crippen LogP) is 0.466. The van der Waals surface area contributed by atoms with E-state index in [9.17, 15) is 4.79 Å². The Kier molecular flexibility index (Phi) is 5.42. The summed E-state index contributed by atoms with van der Waals surface area (Å²) in [7, 11) is 1.35. The monoisotopic (exact) mass is 201 g/mol. The summed E-state index contributed by atoms with van der Waals surface area (Å²) < 4.78 is 4.54. The highest BCUT2D eigenvalue weighted by Gasteiger charge is 2.13. The lowest BCUT2D eigenvalue weighted by atomic mass is 10.1. The maximum absolute atomic E-state index is 11.0. The molecule has 0 aliphatic rings. The van der Waals surface area contributed by atoms with E-state index in [-0.39, 0.29) is 18.1 Å². The van der Waals surface area contributed by atoms with E-state index >= 15 is 0 Å². The van der Waals surface area contributed by atoms with Gasteiger partial charge in [0.25, 0.3) is 0 Å². The second kappa shape index (κ2) is 5.78. The molecule has 2 N–H and O–H groups in total. The Morgan fingerprint density at radius 3 is 2.57 bits per heavy atom. The molecule has 0 aromatic rings. The van der Waals surface area contributed by atoms with Gasteiger partial charge in [-0.05, 0) is 20.8 Å². The van der Waals surface area contributed by atoms with Crippen molar-refractivity contribution >= 4 is 5.97 Å². The second-order valence-corrected chi connectivity index (χ2v) is 3.80. The number of aliphatic hydroxyl groups excluding tert-OH is 1. The number of carbonyl (C=O) groups excluding carboxylic acids is 1. The first-order chi connectivity index (χ1) is 6.43. The van der Waals surface area contributed by atoms with Crippen LogP contribution in [0.25, 0.3) is 0 Å². The molecule has 14 heavy (non-hydrogen) atoms. The standard InChI is InChI=1S/C10H19NO3/c1-8(9(13)14-4)5-6-11-10(2,3)7-12/h5,11-12H,6-7H2,1-4H3. The molecule has 0 aliphatic heterocycles. The number of rotatable bonds is 5. The smallest absolute Gasteiger partial charge is 0.333 e. The van der Waals surface area contributed by atoms with Crippen LogP contribution in [0.1, 0.15) is 20.8 Å². The van der Waals surface area contributed by atoms with Gasteiger partial charge >= 0.3 is 5.97 Å². The normalized spacial score (nSPS) is 12.8. The number of hydrogen-bond acceptors (Lipinski definition) is 4. The molecule has 0 unspecified atom stereocenters. The lowest BCUT2D eigenvalue weighted by molar-refractivity contribution is -0.136. The summed E-state index contributed by atoms with van der Waals surface area (Å²) >= 11 is 0. The van der Waals surface area contributed by atoms with Gasteiger partial charge in [0.15, 0.2) is 0 Å². The van der Waals surface area contributed by atoms with Crippen molar-refractivity contribution in [2.45, 2.75) is 26.3 Å². The molecule has 0 aliphatic carbocycles. The molecule has 0 rings (SSSR count). The van der Waals surface area contributed by atoms with Crippen molar-refractivity contribution in [3.05, 3.63) is 11.6 Å². The van der Waals surface area contributed by atoms with Gasteiger partial charge in [0, 0.05) is 17.7 Å². The molecule has 0 atom stereocenters. The molecule has 0 saturated heterocycles. The highest BCUT2D eigenvalue weighted by Crippen LogP contribution is 2.00. The lowest BCUT2D eigenvalue weighted by Crippen LogP contribution is -2.42. The molecule has 0 bridgehead atoms. The van der Waals surface area contributed by atoms with E-state index in [1.54, 1.807) is 13.0 Å². The van der Waals surface area contributed by atoms with Crippen LogP contribution in [-0.2, 0) is 9.53 Å². The van der Waals surface area contributed by atoms with Gasteiger partial charge in [-0.1, -0.05) is 6.08 Å². The van der Waals surface area contributed by atoms with Gasteiger partial charge in [-0.15, -0.1) is 0 Å². The Bertz CT molecular complexity index is 221. The fraction of sp³-hybridized carbons (Fsp3) is 0.700. The third-order valence-corrected chi connectivity index (χ3v) is 1.89. The van der Waals surface area contributed by atoms with E-state index in [0.717, 1.165) is 0 Å². The van der Waals surface area contributed by atoms with Gasteiger partial charge < -0.3 is 15.2 Å². The number of methoxy groups -OCH3 is 1.